The highest BCUT2D eigenvalue weighted by Crippen LogP contribution is 2.11. The topological polar surface area (TPSA) is 57.8 Å². The van der Waals surface area contributed by atoms with Crippen molar-refractivity contribution in [1.29, 1.82) is 0 Å². The number of rotatable bonds is 2. The van der Waals surface area contributed by atoms with Gasteiger partial charge in [0.25, 0.3) is 5.91 Å². The summed E-state index contributed by atoms with van der Waals surface area (Å²) >= 11 is 0. The van der Waals surface area contributed by atoms with Crippen molar-refractivity contribution in [3.05, 3.63) is 47.4 Å². The molecular weight excluding hydrogens is 209 g/mol. The fourth-order valence-corrected chi connectivity index (χ4v) is 1.26. The van der Waals surface area contributed by atoms with Crippen LogP contribution < -0.4 is 5.32 Å². The summed E-state index contributed by atoms with van der Waals surface area (Å²) in [5.74, 6) is -0.115. The maximum atomic E-state index is 12.6. The van der Waals surface area contributed by atoms with E-state index < -0.39 is 0 Å². The van der Waals surface area contributed by atoms with Crippen LogP contribution in [-0.2, 0) is 0 Å². The summed E-state index contributed by atoms with van der Waals surface area (Å²) in [5, 5.41) is 9.09. The Morgan fingerprint density at radius 3 is 2.62 bits per heavy atom. The standard InChI is InChI=1S/C11H10FN3O/c1-7-6-13-15-10(7)14-11(16)8-2-4-9(12)5-3-8/h2-6H,1H3,(H2,13,14,15,16). The minimum absolute atomic E-state index is 0.299. The predicted molar refractivity (Wildman–Crippen MR) is 57.7 cm³/mol. The number of amides is 1. The number of aromatic amines is 1. The summed E-state index contributed by atoms with van der Waals surface area (Å²) in [5.41, 5.74) is 1.24. The first-order chi connectivity index (χ1) is 7.66. The lowest BCUT2D eigenvalue weighted by molar-refractivity contribution is 0.102. The average Bonchev–Trinajstić information content (AvgIpc) is 2.65. The minimum atomic E-state index is -0.366. The van der Waals surface area contributed by atoms with Crippen molar-refractivity contribution in [2.45, 2.75) is 6.92 Å². The highest BCUT2D eigenvalue weighted by molar-refractivity contribution is 6.03. The van der Waals surface area contributed by atoms with Crippen molar-refractivity contribution < 1.29 is 9.18 Å². The van der Waals surface area contributed by atoms with Crippen LogP contribution >= 0.6 is 0 Å². The number of halogens is 1. The van der Waals surface area contributed by atoms with Crippen LogP contribution in [-0.4, -0.2) is 16.1 Å². The van der Waals surface area contributed by atoms with Crippen molar-refractivity contribution in [3.8, 4) is 0 Å². The van der Waals surface area contributed by atoms with Crippen LogP contribution in [0.15, 0.2) is 30.5 Å². The van der Waals surface area contributed by atoms with Gasteiger partial charge in [0.05, 0.1) is 6.20 Å². The summed E-state index contributed by atoms with van der Waals surface area (Å²) < 4.78 is 12.6. The van der Waals surface area contributed by atoms with E-state index in [2.05, 4.69) is 15.5 Å². The third-order valence-electron chi connectivity index (χ3n) is 2.17. The van der Waals surface area contributed by atoms with E-state index >= 15 is 0 Å². The van der Waals surface area contributed by atoms with Crippen LogP contribution in [0.25, 0.3) is 0 Å². The summed E-state index contributed by atoms with van der Waals surface area (Å²) in [6.07, 6.45) is 1.61. The van der Waals surface area contributed by atoms with Crippen LogP contribution in [0.4, 0.5) is 10.2 Å². The highest BCUT2D eigenvalue weighted by atomic mass is 19.1. The number of aryl methyl sites for hydroxylation is 1. The second-order valence-corrected chi connectivity index (χ2v) is 3.39. The number of H-pyrrole nitrogens is 1. The number of carbonyl (C=O) groups is 1. The molecule has 0 atom stereocenters. The first kappa shape index (κ1) is 10.4. The number of anilines is 1. The smallest absolute Gasteiger partial charge is 0.256 e. The lowest BCUT2D eigenvalue weighted by Crippen LogP contribution is -2.12. The van der Waals surface area contributed by atoms with Crippen molar-refractivity contribution in [2.75, 3.05) is 5.32 Å². The SMILES string of the molecule is Cc1cn[nH]c1NC(=O)c1ccc(F)cc1. The predicted octanol–water partition coefficient (Wildman–Crippen LogP) is 2.11. The Bertz CT molecular complexity index is 504. The summed E-state index contributed by atoms with van der Waals surface area (Å²) in [4.78, 5) is 11.7. The van der Waals surface area contributed by atoms with E-state index in [0.717, 1.165) is 5.56 Å². The first-order valence-electron chi connectivity index (χ1n) is 4.73. The molecule has 0 aliphatic carbocycles. The number of aromatic nitrogens is 2. The Morgan fingerprint density at radius 2 is 2.06 bits per heavy atom. The molecule has 0 bridgehead atoms. The Hall–Kier alpha value is -2.17. The van der Waals surface area contributed by atoms with E-state index in [1.807, 2.05) is 6.92 Å². The molecule has 0 aliphatic heterocycles. The Balaban J connectivity index is 2.15. The highest BCUT2D eigenvalue weighted by Gasteiger charge is 2.08. The minimum Gasteiger partial charge on any atom is -0.307 e. The lowest BCUT2D eigenvalue weighted by atomic mass is 10.2. The molecule has 1 aromatic carbocycles. The van der Waals surface area contributed by atoms with E-state index in [-0.39, 0.29) is 11.7 Å². The van der Waals surface area contributed by atoms with Gasteiger partial charge in [-0.15, -0.1) is 0 Å². The Morgan fingerprint density at radius 1 is 1.38 bits per heavy atom. The van der Waals surface area contributed by atoms with Gasteiger partial charge in [-0.05, 0) is 31.2 Å². The van der Waals surface area contributed by atoms with Gasteiger partial charge >= 0.3 is 0 Å². The van der Waals surface area contributed by atoms with Gasteiger partial charge in [-0.3, -0.25) is 9.89 Å². The van der Waals surface area contributed by atoms with Crippen LogP contribution in [0.5, 0.6) is 0 Å². The molecule has 2 aromatic rings. The van der Waals surface area contributed by atoms with E-state index in [1.165, 1.54) is 24.3 Å². The second-order valence-electron chi connectivity index (χ2n) is 3.39. The van der Waals surface area contributed by atoms with Gasteiger partial charge in [0.2, 0.25) is 0 Å². The van der Waals surface area contributed by atoms with E-state index in [9.17, 15) is 9.18 Å². The van der Waals surface area contributed by atoms with Crippen molar-refractivity contribution in [2.24, 2.45) is 0 Å². The van der Waals surface area contributed by atoms with Gasteiger partial charge in [-0.1, -0.05) is 0 Å². The molecule has 1 heterocycles. The number of nitrogens with one attached hydrogen (secondary N) is 2. The molecule has 0 radical (unpaired) electrons. The average molecular weight is 219 g/mol. The number of hydrogen-bond acceptors (Lipinski definition) is 2. The zero-order valence-corrected chi connectivity index (χ0v) is 8.62. The number of hydrogen-bond donors (Lipinski definition) is 2. The zero-order valence-electron chi connectivity index (χ0n) is 8.62. The number of carbonyl (C=O) groups excluding carboxylic acids is 1. The molecule has 1 amide bonds. The molecule has 82 valence electrons. The number of benzene rings is 1. The van der Waals surface area contributed by atoms with Gasteiger partial charge in [0.1, 0.15) is 11.6 Å². The summed E-state index contributed by atoms with van der Waals surface area (Å²) in [6.45, 7) is 1.82. The zero-order chi connectivity index (χ0) is 11.5. The monoisotopic (exact) mass is 219 g/mol. The molecule has 0 unspecified atom stereocenters. The molecule has 0 aliphatic rings. The molecule has 0 spiro atoms. The third-order valence-corrected chi connectivity index (χ3v) is 2.17. The van der Waals surface area contributed by atoms with Crippen molar-refractivity contribution >= 4 is 11.7 Å². The molecule has 0 saturated carbocycles. The lowest BCUT2D eigenvalue weighted by Gasteiger charge is -2.03. The molecule has 0 saturated heterocycles. The normalized spacial score (nSPS) is 10.1. The molecule has 4 nitrogen and oxygen atoms in total. The molecule has 5 heteroatoms. The van der Waals surface area contributed by atoms with Crippen LogP contribution in [0.1, 0.15) is 15.9 Å². The van der Waals surface area contributed by atoms with Gasteiger partial charge in [0, 0.05) is 11.1 Å². The first-order valence-corrected chi connectivity index (χ1v) is 4.73. The van der Waals surface area contributed by atoms with Crippen molar-refractivity contribution in [1.82, 2.24) is 10.2 Å². The van der Waals surface area contributed by atoms with E-state index in [0.29, 0.717) is 11.4 Å². The summed E-state index contributed by atoms with van der Waals surface area (Å²) in [6, 6.07) is 5.34. The molecule has 0 fully saturated rings. The van der Waals surface area contributed by atoms with Gasteiger partial charge < -0.3 is 5.32 Å². The van der Waals surface area contributed by atoms with Crippen LogP contribution in [0.2, 0.25) is 0 Å². The second kappa shape index (κ2) is 4.14. The molecular formula is C11H10FN3O. The Labute approximate surface area is 91.5 Å². The van der Waals surface area contributed by atoms with E-state index in [4.69, 9.17) is 0 Å². The fourth-order valence-electron chi connectivity index (χ4n) is 1.26. The maximum absolute atomic E-state index is 12.6. The summed E-state index contributed by atoms with van der Waals surface area (Å²) in [7, 11) is 0. The molecule has 2 rings (SSSR count). The fraction of sp³-hybridized carbons (Fsp3) is 0.0909. The van der Waals surface area contributed by atoms with E-state index in [1.54, 1.807) is 6.20 Å². The van der Waals surface area contributed by atoms with Crippen molar-refractivity contribution in [3.63, 3.8) is 0 Å². The Kier molecular flexibility index (Phi) is 2.68. The van der Waals surface area contributed by atoms with Crippen LogP contribution in [0, 0.1) is 12.7 Å². The molecule has 2 N–H and O–H groups in total. The molecule has 16 heavy (non-hydrogen) atoms. The van der Waals surface area contributed by atoms with Gasteiger partial charge in [-0.25, -0.2) is 4.39 Å². The maximum Gasteiger partial charge on any atom is 0.256 e. The number of nitrogens with zero attached hydrogens (tertiary/aromatic N) is 1. The quantitative estimate of drug-likeness (QED) is 0.812. The van der Waals surface area contributed by atoms with Gasteiger partial charge in [0.15, 0.2) is 0 Å². The largest absolute Gasteiger partial charge is 0.307 e. The van der Waals surface area contributed by atoms with Gasteiger partial charge in [-0.2, -0.15) is 5.10 Å². The van der Waals surface area contributed by atoms with Crippen LogP contribution in [0.3, 0.4) is 0 Å². The third kappa shape index (κ3) is 2.08. The molecule has 1 aromatic heterocycles.